The minimum Gasteiger partial charge on any atom is -0.352 e. The van der Waals surface area contributed by atoms with E-state index in [1.165, 1.54) is 19.3 Å². The van der Waals surface area contributed by atoms with E-state index in [0.717, 1.165) is 18.4 Å². The number of likely N-dealkylation sites (N-methyl/N-ethyl adjacent to an activating group) is 1. The normalized spacial score (nSPS) is 17.0. The highest BCUT2D eigenvalue weighted by Gasteiger charge is 2.21. The summed E-state index contributed by atoms with van der Waals surface area (Å²) in [5.74, 6) is -0.351. The minimum atomic E-state index is -0.504. The van der Waals surface area contributed by atoms with Crippen molar-refractivity contribution in [2.45, 2.75) is 44.2 Å². The first-order valence-electron chi connectivity index (χ1n) is 7.83. The van der Waals surface area contributed by atoms with Crippen LogP contribution in [0.5, 0.6) is 0 Å². The number of nitrogens with zero attached hydrogens (tertiary/aromatic N) is 2. The van der Waals surface area contributed by atoms with Gasteiger partial charge in [-0.1, -0.05) is 19.3 Å². The number of carbonyl (C=O) groups is 2. The first-order valence-corrected chi connectivity index (χ1v) is 7.83. The second-order valence-corrected chi connectivity index (χ2v) is 5.79. The second-order valence-electron chi connectivity index (χ2n) is 5.79. The summed E-state index contributed by atoms with van der Waals surface area (Å²) in [7, 11) is 3.51. The molecule has 1 heterocycles. The van der Waals surface area contributed by atoms with Crippen molar-refractivity contribution in [3.63, 3.8) is 0 Å². The fourth-order valence-electron chi connectivity index (χ4n) is 2.83. The molecule has 7 nitrogen and oxygen atoms in total. The van der Waals surface area contributed by atoms with Crippen molar-refractivity contribution in [1.29, 1.82) is 0 Å². The van der Waals surface area contributed by atoms with E-state index in [1.54, 1.807) is 31.2 Å². The number of hydrogen-bond donors (Lipinski definition) is 3. The zero-order valence-electron chi connectivity index (χ0n) is 13.3. The van der Waals surface area contributed by atoms with Crippen LogP contribution in [0.2, 0.25) is 0 Å². The van der Waals surface area contributed by atoms with Gasteiger partial charge in [0.2, 0.25) is 11.8 Å². The van der Waals surface area contributed by atoms with Gasteiger partial charge in [-0.15, -0.1) is 0 Å². The lowest BCUT2D eigenvalue weighted by Gasteiger charge is -2.23. The van der Waals surface area contributed by atoms with Crippen LogP contribution in [0.4, 0.5) is 0 Å². The van der Waals surface area contributed by atoms with E-state index >= 15 is 0 Å². The molecule has 122 valence electrons. The number of aryl methyl sites for hydroxylation is 1. The summed E-state index contributed by atoms with van der Waals surface area (Å²) in [6.45, 7) is 0.00771. The van der Waals surface area contributed by atoms with Crippen molar-refractivity contribution in [3.05, 3.63) is 18.0 Å². The molecule has 7 heteroatoms. The van der Waals surface area contributed by atoms with Crippen molar-refractivity contribution in [2.24, 2.45) is 7.05 Å². The molecule has 1 aliphatic carbocycles. The molecule has 1 aliphatic rings. The van der Waals surface area contributed by atoms with Gasteiger partial charge >= 0.3 is 0 Å². The van der Waals surface area contributed by atoms with Gasteiger partial charge in [-0.05, 0) is 19.9 Å². The van der Waals surface area contributed by atoms with Gasteiger partial charge in [0, 0.05) is 24.8 Å². The Balaban J connectivity index is 1.79. The van der Waals surface area contributed by atoms with Crippen molar-refractivity contribution >= 4 is 11.8 Å². The Morgan fingerprint density at radius 3 is 2.68 bits per heavy atom. The molecular weight excluding hydrogens is 282 g/mol. The molecule has 3 N–H and O–H groups in total. The number of amides is 2. The third-order valence-corrected chi connectivity index (χ3v) is 4.00. The van der Waals surface area contributed by atoms with Gasteiger partial charge in [0.1, 0.15) is 6.04 Å². The predicted octanol–water partition coefficient (Wildman–Crippen LogP) is 0.246. The Hall–Kier alpha value is -1.89. The maximum Gasteiger partial charge on any atom is 0.242 e. The first kappa shape index (κ1) is 16.5. The molecule has 1 fully saturated rings. The third kappa shape index (κ3) is 4.56. The monoisotopic (exact) mass is 307 g/mol. The van der Waals surface area contributed by atoms with Crippen LogP contribution in [0.15, 0.2) is 12.4 Å². The van der Waals surface area contributed by atoms with Crippen LogP contribution >= 0.6 is 0 Å². The average Bonchev–Trinajstić information content (AvgIpc) is 2.93. The summed E-state index contributed by atoms with van der Waals surface area (Å²) in [6, 6.07) is -0.243. The maximum absolute atomic E-state index is 12.2. The van der Waals surface area contributed by atoms with Gasteiger partial charge < -0.3 is 16.0 Å². The Morgan fingerprint density at radius 1 is 1.36 bits per heavy atom. The predicted molar refractivity (Wildman–Crippen MR) is 83.0 cm³/mol. The molecule has 1 saturated carbocycles. The van der Waals surface area contributed by atoms with Gasteiger partial charge in [-0.25, -0.2) is 0 Å². The zero-order valence-corrected chi connectivity index (χ0v) is 13.3. The molecule has 0 saturated heterocycles. The van der Waals surface area contributed by atoms with E-state index in [-0.39, 0.29) is 24.4 Å². The van der Waals surface area contributed by atoms with Gasteiger partial charge in [0.15, 0.2) is 0 Å². The zero-order chi connectivity index (χ0) is 15.9. The minimum absolute atomic E-state index is 0.00771. The second kappa shape index (κ2) is 7.93. The van der Waals surface area contributed by atoms with Crippen LogP contribution in [0.25, 0.3) is 0 Å². The maximum atomic E-state index is 12.2. The highest BCUT2D eigenvalue weighted by molar-refractivity contribution is 5.88. The van der Waals surface area contributed by atoms with Crippen LogP contribution in [0.1, 0.15) is 43.7 Å². The molecule has 1 aromatic rings. The summed E-state index contributed by atoms with van der Waals surface area (Å²) in [4.78, 5) is 24.1. The third-order valence-electron chi connectivity index (χ3n) is 4.00. The topological polar surface area (TPSA) is 88.1 Å². The number of nitrogens with one attached hydrogen (secondary N) is 3. The fourth-order valence-corrected chi connectivity index (χ4v) is 2.83. The molecule has 1 atom stereocenters. The van der Waals surface area contributed by atoms with E-state index in [0.29, 0.717) is 0 Å². The standard InChI is InChI=1S/C15H25N5O2/c1-16-14(11-8-18-20(2)10-11)15(22)17-9-13(21)19-12-6-4-3-5-7-12/h8,10,12,14,16H,3-7,9H2,1-2H3,(H,17,22)(H,19,21). The molecule has 0 bridgehead atoms. The lowest BCUT2D eigenvalue weighted by molar-refractivity contribution is -0.127. The van der Waals surface area contributed by atoms with Crippen LogP contribution in [0.3, 0.4) is 0 Å². The molecule has 2 rings (SSSR count). The lowest BCUT2D eigenvalue weighted by Crippen LogP contribution is -2.45. The van der Waals surface area contributed by atoms with Crippen molar-refractivity contribution < 1.29 is 9.59 Å². The summed E-state index contributed by atoms with van der Waals surface area (Å²) >= 11 is 0. The Labute approximate surface area is 130 Å². The Kier molecular flexibility index (Phi) is 5.94. The Morgan fingerprint density at radius 2 is 2.09 bits per heavy atom. The van der Waals surface area contributed by atoms with Crippen LogP contribution in [-0.2, 0) is 16.6 Å². The molecule has 22 heavy (non-hydrogen) atoms. The number of aromatic nitrogens is 2. The largest absolute Gasteiger partial charge is 0.352 e. The molecule has 2 amide bonds. The van der Waals surface area contributed by atoms with Crippen molar-refractivity contribution in [3.8, 4) is 0 Å². The lowest BCUT2D eigenvalue weighted by atomic mass is 9.95. The summed E-state index contributed by atoms with van der Waals surface area (Å²) < 4.78 is 1.64. The molecule has 0 aromatic carbocycles. The first-order chi connectivity index (χ1) is 10.6. The van der Waals surface area contributed by atoms with Gasteiger partial charge in [0.05, 0.1) is 12.7 Å². The SMILES string of the molecule is CNC(C(=O)NCC(=O)NC1CCCCC1)c1cnn(C)c1. The van der Waals surface area contributed by atoms with Crippen molar-refractivity contribution in [2.75, 3.05) is 13.6 Å². The van der Waals surface area contributed by atoms with E-state index in [1.807, 2.05) is 0 Å². The molecule has 1 unspecified atom stereocenters. The van der Waals surface area contributed by atoms with Crippen LogP contribution in [0, 0.1) is 0 Å². The van der Waals surface area contributed by atoms with Gasteiger partial charge in [0.25, 0.3) is 0 Å². The molecule has 0 radical (unpaired) electrons. The number of hydrogen-bond acceptors (Lipinski definition) is 4. The highest BCUT2D eigenvalue weighted by atomic mass is 16.2. The fraction of sp³-hybridized carbons (Fsp3) is 0.667. The van der Waals surface area contributed by atoms with Crippen LogP contribution < -0.4 is 16.0 Å². The molecule has 0 spiro atoms. The van der Waals surface area contributed by atoms with E-state index < -0.39 is 6.04 Å². The van der Waals surface area contributed by atoms with Crippen molar-refractivity contribution in [1.82, 2.24) is 25.7 Å². The Bertz CT molecular complexity index is 508. The summed E-state index contributed by atoms with van der Waals surface area (Å²) in [6.07, 6.45) is 9.08. The summed E-state index contributed by atoms with van der Waals surface area (Å²) in [5.41, 5.74) is 0.773. The average molecular weight is 307 g/mol. The van der Waals surface area contributed by atoms with E-state index in [9.17, 15) is 9.59 Å². The molecule has 0 aliphatic heterocycles. The smallest absolute Gasteiger partial charge is 0.242 e. The van der Waals surface area contributed by atoms with E-state index in [4.69, 9.17) is 0 Å². The quantitative estimate of drug-likeness (QED) is 0.703. The highest BCUT2D eigenvalue weighted by Crippen LogP contribution is 2.17. The number of carbonyl (C=O) groups excluding carboxylic acids is 2. The van der Waals surface area contributed by atoms with Gasteiger partial charge in [-0.3, -0.25) is 14.3 Å². The van der Waals surface area contributed by atoms with Crippen LogP contribution in [-0.4, -0.2) is 41.2 Å². The van der Waals surface area contributed by atoms with E-state index in [2.05, 4.69) is 21.0 Å². The summed E-state index contributed by atoms with van der Waals surface area (Å²) in [5, 5.41) is 12.7. The molecule has 1 aromatic heterocycles. The van der Waals surface area contributed by atoms with Gasteiger partial charge in [-0.2, -0.15) is 5.10 Å². The molecular formula is C15H25N5O2. The number of rotatable bonds is 6.